The zero-order valence-electron chi connectivity index (χ0n) is 10.1. The maximum Gasteiger partial charge on any atom is 0.143 e. The van der Waals surface area contributed by atoms with E-state index in [1.165, 1.54) is 24.2 Å². The summed E-state index contributed by atoms with van der Waals surface area (Å²) in [5, 5.41) is 7.60. The number of pyridine rings is 1. The van der Waals surface area contributed by atoms with Crippen LogP contribution >= 0.6 is 0 Å². The fourth-order valence-corrected chi connectivity index (χ4v) is 2.48. The maximum atomic E-state index is 7.60. The largest absolute Gasteiger partial charge is 0.382 e. The summed E-state index contributed by atoms with van der Waals surface area (Å²) in [5.74, 6) is -0.0103. The lowest BCUT2D eigenvalue weighted by Gasteiger charge is -2.15. The van der Waals surface area contributed by atoms with Crippen LogP contribution in [0.5, 0.6) is 0 Å². The Labute approximate surface area is 105 Å². The molecule has 0 amide bonds. The van der Waals surface area contributed by atoms with Gasteiger partial charge in [0.15, 0.2) is 0 Å². The van der Waals surface area contributed by atoms with Gasteiger partial charge in [-0.2, -0.15) is 0 Å². The molecule has 2 aromatic rings. The van der Waals surface area contributed by atoms with Gasteiger partial charge in [0.05, 0.1) is 17.7 Å². The first-order valence-corrected chi connectivity index (χ1v) is 6.12. The predicted octanol–water partition coefficient (Wildman–Crippen LogP) is 1.43. The number of aromatic nitrogens is 3. The fourth-order valence-electron chi connectivity index (χ4n) is 2.48. The quantitative estimate of drug-likeness (QED) is 0.616. The minimum absolute atomic E-state index is 0.0103. The van der Waals surface area contributed by atoms with Crippen molar-refractivity contribution >= 4 is 5.84 Å². The number of nitrogens with zero attached hydrogens (tertiary/aromatic N) is 3. The van der Waals surface area contributed by atoms with Crippen LogP contribution in [0.2, 0.25) is 0 Å². The third-order valence-corrected chi connectivity index (χ3v) is 3.33. The van der Waals surface area contributed by atoms with Crippen molar-refractivity contribution in [2.75, 3.05) is 0 Å². The Bertz CT molecular complexity index is 599. The molecule has 3 rings (SSSR count). The topological polar surface area (TPSA) is 80.6 Å². The molecule has 0 radical (unpaired) electrons. The minimum atomic E-state index is -0.0103. The molecule has 0 unspecified atom stereocenters. The number of fused-ring (bicyclic) bond motifs is 1. The van der Waals surface area contributed by atoms with Gasteiger partial charge in [-0.05, 0) is 37.8 Å². The monoisotopic (exact) mass is 241 g/mol. The van der Waals surface area contributed by atoms with Crippen molar-refractivity contribution in [1.29, 1.82) is 5.41 Å². The number of hydrogen-bond acceptors (Lipinski definition) is 3. The first kappa shape index (κ1) is 11.0. The van der Waals surface area contributed by atoms with Gasteiger partial charge >= 0.3 is 0 Å². The van der Waals surface area contributed by atoms with Gasteiger partial charge in [0.25, 0.3) is 0 Å². The Hall–Kier alpha value is -2.17. The SMILES string of the molecule is N=C(N)c1ncccc1-n1cnc2c1CCCC2. The lowest BCUT2D eigenvalue weighted by Crippen LogP contribution is -2.17. The van der Waals surface area contributed by atoms with Crippen molar-refractivity contribution in [2.45, 2.75) is 25.7 Å². The van der Waals surface area contributed by atoms with Crippen LogP contribution in [0.1, 0.15) is 29.9 Å². The van der Waals surface area contributed by atoms with Crippen LogP contribution in [0, 0.1) is 5.41 Å². The van der Waals surface area contributed by atoms with E-state index in [0.717, 1.165) is 18.5 Å². The first-order chi connectivity index (χ1) is 8.77. The second-order valence-electron chi connectivity index (χ2n) is 4.50. The Kier molecular flexibility index (Phi) is 2.59. The van der Waals surface area contributed by atoms with Crippen LogP contribution in [0.4, 0.5) is 0 Å². The smallest absolute Gasteiger partial charge is 0.143 e. The molecule has 5 nitrogen and oxygen atoms in total. The molecule has 0 aromatic carbocycles. The van der Waals surface area contributed by atoms with Gasteiger partial charge < -0.3 is 10.3 Å². The van der Waals surface area contributed by atoms with Crippen LogP contribution in [0.25, 0.3) is 5.69 Å². The molecule has 0 saturated carbocycles. The minimum Gasteiger partial charge on any atom is -0.382 e. The summed E-state index contributed by atoms with van der Waals surface area (Å²) in [7, 11) is 0. The van der Waals surface area contributed by atoms with Crippen LogP contribution in [0.15, 0.2) is 24.7 Å². The number of hydrogen-bond donors (Lipinski definition) is 2. The number of rotatable bonds is 2. The molecule has 0 saturated heterocycles. The van der Waals surface area contributed by atoms with E-state index in [9.17, 15) is 0 Å². The summed E-state index contributed by atoms with van der Waals surface area (Å²) in [4.78, 5) is 8.64. The molecule has 0 aliphatic heterocycles. The average Bonchev–Trinajstić information content (AvgIpc) is 2.82. The fraction of sp³-hybridized carbons (Fsp3) is 0.308. The van der Waals surface area contributed by atoms with Crippen molar-refractivity contribution in [2.24, 2.45) is 5.73 Å². The van der Waals surface area contributed by atoms with Crippen molar-refractivity contribution in [3.05, 3.63) is 41.7 Å². The molecule has 0 fully saturated rings. The second kappa shape index (κ2) is 4.25. The molecule has 0 atom stereocenters. The van der Waals surface area contributed by atoms with E-state index >= 15 is 0 Å². The van der Waals surface area contributed by atoms with Gasteiger partial charge in [-0.1, -0.05) is 0 Å². The molecule has 2 heterocycles. The third-order valence-electron chi connectivity index (χ3n) is 3.33. The Morgan fingerprint density at radius 1 is 1.28 bits per heavy atom. The summed E-state index contributed by atoms with van der Waals surface area (Å²) in [5.41, 5.74) is 9.35. The molecule has 3 N–H and O–H groups in total. The van der Waals surface area contributed by atoms with Crippen LogP contribution < -0.4 is 5.73 Å². The van der Waals surface area contributed by atoms with E-state index in [2.05, 4.69) is 9.97 Å². The Morgan fingerprint density at radius 3 is 2.94 bits per heavy atom. The number of nitrogen functional groups attached to an aromatic ring is 1. The Morgan fingerprint density at radius 2 is 2.11 bits per heavy atom. The van der Waals surface area contributed by atoms with Gasteiger partial charge in [0.1, 0.15) is 11.5 Å². The number of nitrogens with two attached hydrogens (primary N) is 1. The zero-order chi connectivity index (χ0) is 12.5. The summed E-state index contributed by atoms with van der Waals surface area (Å²) in [6.45, 7) is 0. The van der Waals surface area contributed by atoms with Gasteiger partial charge in [0.2, 0.25) is 0 Å². The van der Waals surface area contributed by atoms with E-state index in [1.54, 1.807) is 6.20 Å². The Balaban J connectivity index is 2.15. The second-order valence-corrected chi connectivity index (χ2v) is 4.50. The zero-order valence-corrected chi connectivity index (χ0v) is 10.1. The number of imidazole rings is 1. The molecular formula is C13H15N5. The van der Waals surface area contributed by atoms with Gasteiger partial charge in [0, 0.05) is 11.9 Å². The van der Waals surface area contributed by atoms with Crippen LogP contribution in [0.3, 0.4) is 0 Å². The van der Waals surface area contributed by atoms with Crippen LogP contribution in [-0.4, -0.2) is 20.4 Å². The summed E-state index contributed by atoms with van der Waals surface area (Å²) < 4.78 is 2.03. The highest BCUT2D eigenvalue weighted by molar-refractivity contribution is 5.96. The molecule has 18 heavy (non-hydrogen) atoms. The van der Waals surface area contributed by atoms with Crippen molar-refractivity contribution in [1.82, 2.24) is 14.5 Å². The van der Waals surface area contributed by atoms with Gasteiger partial charge in [-0.15, -0.1) is 0 Å². The normalized spacial score (nSPS) is 14.2. The number of amidine groups is 1. The highest BCUT2D eigenvalue weighted by atomic mass is 15.1. The van der Waals surface area contributed by atoms with Gasteiger partial charge in [-0.3, -0.25) is 10.4 Å². The molecule has 0 spiro atoms. The van der Waals surface area contributed by atoms with E-state index in [-0.39, 0.29) is 5.84 Å². The molecule has 92 valence electrons. The third kappa shape index (κ3) is 1.68. The molecule has 1 aliphatic carbocycles. The standard InChI is InChI=1S/C13H15N5/c14-13(15)12-11(6-3-7-16-12)18-8-17-9-4-1-2-5-10(9)18/h3,6-8H,1-2,4-5H2,(H3,14,15). The summed E-state index contributed by atoms with van der Waals surface area (Å²) in [6, 6.07) is 3.79. The highest BCUT2D eigenvalue weighted by Crippen LogP contribution is 2.23. The lowest BCUT2D eigenvalue weighted by atomic mass is 10.0. The lowest BCUT2D eigenvalue weighted by molar-refractivity contribution is 0.655. The van der Waals surface area contributed by atoms with E-state index in [0.29, 0.717) is 5.69 Å². The van der Waals surface area contributed by atoms with Crippen molar-refractivity contribution < 1.29 is 0 Å². The molecule has 1 aliphatic rings. The first-order valence-electron chi connectivity index (χ1n) is 6.12. The number of aryl methyl sites for hydroxylation is 1. The van der Waals surface area contributed by atoms with Crippen LogP contribution in [-0.2, 0) is 12.8 Å². The van der Waals surface area contributed by atoms with Gasteiger partial charge in [-0.25, -0.2) is 4.98 Å². The average molecular weight is 241 g/mol. The summed E-state index contributed by atoms with van der Waals surface area (Å²) in [6.07, 6.45) is 7.94. The van der Waals surface area contributed by atoms with E-state index in [1.807, 2.05) is 23.0 Å². The molecule has 2 aromatic heterocycles. The van der Waals surface area contributed by atoms with E-state index < -0.39 is 0 Å². The predicted molar refractivity (Wildman–Crippen MR) is 69.0 cm³/mol. The van der Waals surface area contributed by atoms with Crippen molar-refractivity contribution in [3.8, 4) is 5.69 Å². The highest BCUT2D eigenvalue weighted by Gasteiger charge is 2.18. The maximum absolute atomic E-state index is 7.60. The molecular weight excluding hydrogens is 226 g/mol. The van der Waals surface area contributed by atoms with E-state index in [4.69, 9.17) is 11.1 Å². The molecule has 5 heteroatoms. The molecule has 0 bridgehead atoms. The number of nitrogens with one attached hydrogen (secondary N) is 1. The van der Waals surface area contributed by atoms with Crippen molar-refractivity contribution in [3.63, 3.8) is 0 Å². The summed E-state index contributed by atoms with van der Waals surface area (Å²) >= 11 is 0.